The van der Waals surface area contributed by atoms with Crippen LogP contribution in [0.3, 0.4) is 0 Å². The summed E-state index contributed by atoms with van der Waals surface area (Å²) in [5.74, 6) is -8.36. The van der Waals surface area contributed by atoms with Crippen molar-refractivity contribution < 1.29 is 114 Å². The van der Waals surface area contributed by atoms with Crippen molar-refractivity contribution in [3.8, 4) is 0 Å². The van der Waals surface area contributed by atoms with Crippen LogP contribution in [0.1, 0.15) is 62.3 Å². The molecular formula is C36H50O24. The van der Waals surface area contributed by atoms with Gasteiger partial charge in [0.1, 0.15) is 49.8 Å². The van der Waals surface area contributed by atoms with E-state index in [0.29, 0.717) is 0 Å². The molecule has 0 aromatic rings. The SMILES string of the molecule is CC(=O)OCC1O[C@H]2OC(C)(OC3[C@H](O)C(COC4(C)O[C@H]5OC(COC(C)=O)[C@H](OC(C)=O)[C@@H](OC(C)=O)[C@@H]5O4)O[C@H]4OC(C)O[C@H]34)O[C@@H]2[C@@H](OC(C)=O)[C@@H]1OC(C)=O. The van der Waals surface area contributed by atoms with Gasteiger partial charge < -0.3 is 76.2 Å². The van der Waals surface area contributed by atoms with Crippen LogP contribution in [0.2, 0.25) is 0 Å². The predicted molar refractivity (Wildman–Crippen MR) is 182 cm³/mol. The number of carbonyl (C=O) groups excluding carboxylic acids is 6. The summed E-state index contributed by atoms with van der Waals surface area (Å²) in [4.78, 5) is 71.9. The first-order valence-electron chi connectivity index (χ1n) is 19.1. The Morgan fingerprint density at radius 1 is 0.483 bits per heavy atom. The molecule has 338 valence electrons. The number of rotatable bonds is 13. The van der Waals surface area contributed by atoms with Crippen molar-refractivity contribution in [3.05, 3.63) is 0 Å². The molecular weight excluding hydrogens is 816 g/mol. The molecule has 60 heavy (non-hydrogen) atoms. The summed E-state index contributed by atoms with van der Waals surface area (Å²) in [5.41, 5.74) is 0. The van der Waals surface area contributed by atoms with E-state index in [1.165, 1.54) is 27.7 Å². The quantitative estimate of drug-likeness (QED) is 0.167. The smallest absolute Gasteiger partial charge is 0.303 e. The van der Waals surface area contributed by atoms with Crippen LogP contribution >= 0.6 is 0 Å². The second kappa shape index (κ2) is 18.4. The highest BCUT2D eigenvalue weighted by atomic mass is 17.0. The summed E-state index contributed by atoms with van der Waals surface area (Å²) in [5, 5.41) is 11.8. The first kappa shape index (κ1) is 45.9. The van der Waals surface area contributed by atoms with Gasteiger partial charge in [0.15, 0.2) is 61.8 Å². The van der Waals surface area contributed by atoms with E-state index in [2.05, 4.69) is 0 Å². The minimum Gasteiger partial charge on any atom is -0.463 e. The van der Waals surface area contributed by atoms with E-state index in [0.717, 1.165) is 27.7 Å². The van der Waals surface area contributed by atoms with E-state index in [-0.39, 0.29) is 0 Å². The van der Waals surface area contributed by atoms with Gasteiger partial charge in [0.2, 0.25) is 0 Å². The molecule has 0 radical (unpaired) electrons. The molecule has 0 aromatic carbocycles. The van der Waals surface area contributed by atoms with Crippen LogP contribution in [0.15, 0.2) is 0 Å². The van der Waals surface area contributed by atoms with Crippen LogP contribution in [-0.4, -0.2) is 171 Å². The molecule has 0 bridgehead atoms. The average molecular weight is 867 g/mol. The molecule has 0 aliphatic carbocycles. The van der Waals surface area contributed by atoms with Gasteiger partial charge in [0.25, 0.3) is 11.9 Å². The number of ether oxygens (including phenoxy) is 17. The minimum absolute atomic E-state index is 0.395. The number of hydrogen-bond acceptors (Lipinski definition) is 24. The molecule has 24 nitrogen and oxygen atoms in total. The van der Waals surface area contributed by atoms with Gasteiger partial charge in [0.05, 0.1) is 6.61 Å². The monoisotopic (exact) mass is 866 g/mol. The van der Waals surface area contributed by atoms with Crippen LogP contribution in [0, 0.1) is 0 Å². The van der Waals surface area contributed by atoms with E-state index in [4.69, 9.17) is 80.5 Å². The van der Waals surface area contributed by atoms with E-state index >= 15 is 0 Å². The molecule has 6 rings (SSSR count). The zero-order valence-corrected chi connectivity index (χ0v) is 34.2. The number of esters is 6. The largest absolute Gasteiger partial charge is 0.463 e. The van der Waals surface area contributed by atoms with Gasteiger partial charge in [-0.15, -0.1) is 0 Å². The van der Waals surface area contributed by atoms with Gasteiger partial charge in [-0.2, -0.15) is 0 Å². The Bertz CT molecular complexity index is 1630. The summed E-state index contributed by atoms with van der Waals surface area (Å²) in [7, 11) is 0. The van der Waals surface area contributed by atoms with E-state index in [1.807, 2.05) is 0 Å². The fourth-order valence-corrected chi connectivity index (χ4v) is 7.62. The number of fused-ring (bicyclic) bond motifs is 3. The predicted octanol–water partition coefficient (Wildman–Crippen LogP) is -1.28. The zero-order valence-electron chi connectivity index (χ0n) is 34.2. The number of carbonyl (C=O) groups is 6. The first-order chi connectivity index (χ1) is 28.1. The second-order valence-corrected chi connectivity index (χ2v) is 14.8. The van der Waals surface area contributed by atoms with Crippen molar-refractivity contribution in [3.63, 3.8) is 0 Å². The van der Waals surface area contributed by atoms with Gasteiger partial charge in [0, 0.05) is 55.4 Å². The summed E-state index contributed by atoms with van der Waals surface area (Å²) in [6, 6.07) is 0. The summed E-state index contributed by atoms with van der Waals surface area (Å²) in [6.45, 7) is 9.89. The molecule has 18 atom stereocenters. The Morgan fingerprint density at radius 2 is 0.917 bits per heavy atom. The van der Waals surface area contributed by atoms with E-state index in [9.17, 15) is 33.9 Å². The standard InChI is InChI=1S/C36H50O24/c1-13(37)44-10-21-24(47-15(3)39)27(49-17(5)41)30-33(54-21)59-35(8,57-30)46-12-20-23(43)26(29-32(53-20)52-19(7)51-29)56-36(9)58-31-28(50-18(6)42)25(48-16(4)40)22(11-45-14(2)38)55-34(31)60-36/h19-34,43H,10-12H2,1-9H3/t19?,20?,21?,22?,23-,24+,25-,26?,27-,28+,29-,30+,31-,32-,33-,34+,35?,36?/m1/s1. The Labute approximate surface area is 342 Å². The third kappa shape index (κ3) is 10.5. The third-order valence-electron chi connectivity index (χ3n) is 9.81. The van der Waals surface area contributed by atoms with E-state index in [1.54, 1.807) is 6.92 Å². The summed E-state index contributed by atoms with van der Waals surface area (Å²) < 4.78 is 98.5. The Kier molecular flexibility index (Phi) is 14.0. The highest BCUT2D eigenvalue weighted by Gasteiger charge is 2.63. The molecule has 0 spiro atoms. The summed E-state index contributed by atoms with van der Waals surface area (Å²) >= 11 is 0. The second-order valence-electron chi connectivity index (χ2n) is 14.8. The molecule has 0 saturated carbocycles. The lowest BCUT2D eigenvalue weighted by molar-refractivity contribution is -0.396. The normalized spacial score (nSPS) is 43.1. The molecule has 6 heterocycles. The number of hydrogen-bond donors (Lipinski definition) is 1. The Balaban J connectivity index is 1.18. The molecule has 6 saturated heterocycles. The molecule has 0 amide bonds. The number of aliphatic hydroxyl groups excluding tert-OH is 1. The molecule has 0 aromatic heterocycles. The maximum Gasteiger partial charge on any atom is 0.303 e. The molecule has 1 N–H and O–H groups in total. The van der Waals surface area contributed by atoms with Crippen molar-refractivity contribution in [2.45, 2.75) is 173 Å². The van der Waals surface area contributed by atoms with Crippen LogP contribution in [0.25, 0.3) is 0 Å². The van der Waals surface area contributed by atoms with Gasteiger partial charge in [-0.05, 0) is 6.92 Å². The minimum atomic E-state index is -2.07. The fraction of sp³-hybridized carbons (Fsp3) is 0.833. The van der Waals surface area contributed by atoms with Crippen molar-refractivity contribution in [1.82, 2.24) is 0 Å². The molecule has 6 aliphatic heterocycles. The van der Waals surface area contributed by atoms with Crippen LogP contribution in [0.5, 0.6) is 0 Å². The maximum absolute atomic E-state index is 12.3. The molecule has 6 aliphatic rings. The van der Waals surface area contributed by atoms with Crippen LogP contribution < -0.4 is 0 Å². The van der Waals surface area contributed by atoms with Crippen molar-refractivity contribution in [1.29, 1.82) is 0 Å². The van der Waals surface area contributed by atoms with Crippen LogP contribution in [-0.2, 0) is 109 Å². The zero-order chi connectivity index (χ0) is 43.8. The Morgan fingerprint density at radius 3 is 1.38 bits per heavy atom. The maximum atomic E-state index is 12.3. The lowest BCUT2D eigenvalue weighted by Gasteiger charge is -2.42. The van der Waals surface area contributed by atoms with Gasteiger partial charge >= 0.3 is 35.8 Å². The topological polar surface area (TPSA) is 280 Å². The summed E-state index contributed by atoms with van der Waals surface area (Å²) in [6.07, 6.45) is -19.9. The molecule has 7 unspecified atom stereocenters. The third-order valence-corrected chi connectivity index (χ3v) is 9.81. The first-order valence-corrected chi connectivity index (χ1v) is 19.1. The fourth-order valence-electron chi connectivity index (χ4n) is 7.62. The molecule has 6 fully saturated rings. The van der Waals surface area contributed by atoms with Gasteiger partial charge in [-0.1, -0.05) is 0 Å². The van der Waals surface area contributed by atoms with Crippen molar-refractivity contribution in [2.24, 2.45) is 0 Å². The number of aliphatic hydroxyl groups is 1. The Hall–Kier alpha value is -3.66. The van der Waals surface area contributed by atoms with Gasteiger partial charge in [-0.25, -0.2) is 0 Å². The van der Waals surface area contributed by atoms with Gasteiger partial charge in [-0.3, -0.25) is 38.2 Å². The van der Waals surface area contributed by atoms with E-state index < -0.39 is 166 Å². The average Bonchev–Trinajstić information content (AvgIpc) is 3.79. The lowest BCUT2D eigenvalue weighted by Crippen LogP contribution is -2.61. The molecule has 24 heteroatoms. The van der Waals surface area contributed by atoms with Crippen molar-refractivity contribution >= 4 is 35.8 Å². The van der Waals surface area contributed by atoms with Crippen LogP contribution in [0.4, 0.5) is 0 Å². The lowest BCUT2D eigenvalue weighted by atomic mass is 9.98. The van der Waals surface area contributed by atoms with Crippen molar-refractivity contribution in [2.75, 3.05) is 19.8 Å². The highest BCUT2D eigenvalue weighted by Crippen LogP contribution is 2.44. The highest BCUT2D eigenvalue weighted by molar-refractivity contribution is 5.68.